The van der Waals surface area contributed by atoms with E-state index in [0.717, 1.165) is 25.3 Å². The summed E-state index contributed by atoms with van der Waals surface area (Å²) >= 11 is 1.71. The molecule has 0 spiro atoms. The third kappa shape index (κ3) is 5.46. The van der Waals surface area contributed by atoms with E-state index in [-0.39, 0.29) is 11.9 Å². The summed E-state index contributed by atoms with van der Waals surface area (Å²) in [4.78, 5) is 17.4. The van der Waals surface area contributed by atoms with Crippen LogP contribution in [0.25, 0.3) is 0 Å². The number of ether oxygens (including phenoxy) is 3. The van der Waals surface area contributed by atoms with Crippen molar-refractivity contribution in [2.45, 2.75) is 32.9 Å². The maximum absolute atomic E-state index is 13.1. The van der Waals surface area contributed by atoms with E-state index in [1.807, 2.05) is 43.0 Å². The highest BCUT2D eigenvalue weighted by molar-refractivity contribution is 7.07. The summed E-state index contributed by atoms with van der Waals surface area (Å²) in [7, 11) is 3.33. The first-order valence-electron chi connectivity index (χ1n) is 12.1. The topological polar surface area (TPSA) is 51.2 Å². The van der Waals surface area contributed by atoms with Gasteiger partial charge in [-0.2, -0.15) is 11.3 Å². The third-order valence-electron chi connectivity index (χ3n) is 6.64. The maximum Gasteiger partial charge on any atom is 0.257 e. The molecule has 0 aliphatic carbocycles. The van der Waals surface area contributed by atoms with Crippen LogP contribution in [0.3, 0.4) is 0 Å². The Kier molecular flexibility index (Phi) is 8.31. The van der Waals surface area contributed by atoms with E-state index in [2.05, 4.69) is 33.9 Å². The van der Waals surface area contributed by atoms with Crippen molar-refractivity contribution in [2.75, 3.05) is 40.5 Å². The molecule has 3 aromatic rings. The van der Waals surface area contributed by atoms with Crippen LogP contribution in [0.15, 0.2) is 53.2 Å². The minimum Gasteiger partial charge on any atom is -0.493 e. The lowest BCUT2D eigenvalue weighted by Gasteiger charge is -2.37. The van der Waals surface area contributed by atoms with Crippen molar-refractivity contribution in [3.8, 4) is 17.2 Å². The quantitative estimate of drug-likeness (QED) is 0.376. The minimum atomic E-state index is -0.00354. The zero-order valence-electron chi connectivity index (χ0n) is 21.0. The number of benzene rings is 2. The molecule has 0 N–H and O–H groups in total. The lowest BCUT2D eigenvalue weighted by molar-refractivity contribution is 0.0763. The number of amides is 1. The van der Waals surface area contributed by atoms with Crippen LogP contribution in [0, 0.1) is 0 Å². The minimum absolute atomic E-state index is 0.00354. The number of para-hydroxylation sites is 1. The Hall–Kier alpha value is -3.03. The summed E-state index contributed by atoms with van der Waals surface area (Å²) < 4.78 is 17.6. The summed E-state index contributed by atoms with van der Waals surface area (Å²) in [5, 5.41) is 4.31. The van der Waals surface area contributed by atoms with E-state index in [1.165, 1.54) is 16.7 Å². The Labute approximate surface area is 212 Å². The highest BCUT2D eigenvalue weighted by Gasteiger charge is 2.30. The standard InChI is InChI=1S/C28H34N2O4S/c1-5-29(6-2)28(31)22-9-7-8-10-25(22)34-18-24-23-16-27(33-4)26(32-3)15-21(23)11-13-30(24)17-20-12-14-35-19-20/h7-10,12,14-16,19,24H,5-6,11,13,17-18H2,1-4H3. The number of methoxy groups -OCH3 is 2. The fourth-order valence-corrected chi connectivity index (χ4v) is 5.36. The molecule has 1 aliphatic rings. The fourth-order valence-electron chi connectivity index (χ4n) is 4.70. The van der Waals surface area contributed by atoms with Gasteiger partial charge < -0.3 is 19.1 Å². The van der Waals surface area contributed by atoms with Crippen LogP contribution in [0.5, 0.6) is 17.2 Å². The molecule has 6 nitrogen and oxygen atoms in total. The Balaban J connectivity index is 1.65. The van der Waals surface area contributed by atoms with Crippen molar-refractivity contribution < 1.29 is 19.0 Å². The number of nitrogens with zero attached hydrogens (tertiary/aromatic N) is 2. The molecule has 35 heavy (non-hydrogen) atoms. The Bertz CT molecular complexity index is 1130. The molecule has 0 radical (unpaired) electrons. The highest BCUT2D eigenvalue weighted by atomic mass is 32.1. The molecular formula is C28H34N2O4S. The third-order valence-corrected chi connectivity index (χ3v) is 7.38. The van der Waals surface area contributed by atoms with Crippen LogP contribution < -0.4 is 14.2 Å². The molecule has 2 aromatic carbocycles. The Morgan fingerprint density at radius 2 is 1.80 bits per heavy atom. The van der Waals surface area contributed by atoms with E-state index in [1.54, 1.807) is 25.6 Å². The van der Waals surface area contributed by atoms with Crippen LogP contribution in [-0.2, 0) is 13.0 Å². The molecule has 0 saturated heterocycles. The molecular weight excluding hydrogens is 460 g/mol. The predicted molar refractivity (Wildman–Crippen MR) is 140 cm³/mol. The van der Waals surface area contributed by atoms with Crippen LogP contribution in [0.4, 0.5) is 0 Å². The molecule has 0 saturated carbocycles. The molecule has 1 unspecified atom stereocenters. The van der Waals surface area contributed by atoms with Crippen molar-refractivity contribution in [1.29, 1.82) is 0 Å². The molecule has 1 amide bonds. The van der Waals surface area contributed by atoms with Gasteiger partial charge in [-0.25, -0.2) is 0 Å². The maximum atomic E-state index is 13.1. The lowest BCUT2D eigenvalue weighted by atomic mass is 9.91. The van der Waals surface area contributed by atoms with E-state index in [0.29, 0.717) is 36.8 Å². The van der Waals surface area contributed by atoms with Crippen molar-refractivity contribution in [3.63, 3.8) is 0 Å². The SMILES string of the molecule is CCN(CC)C(=O)c1ccccc1OCC1c2cc(OC)c(OC)cc2CCN1Cc1ccsc1. The van der Waals surface area contributed by atoms with Crippen LogP contribution in [-0.4, -0.2) is 56.2 Å². The van der Waals surface area contributed by atoms with Crippen LogP contribution in [0.2, 0.25) is 0 Å². The molecule has 186 valence electrons. The zero-order valence-corrected chi connectivity index (χ0v) is 21.8. The molecule has 1 aromatic heterocycles. The molecule has 7 heteroatoms. The molecule has 2 heterocycles. The first-order valence-corrected chi connectivity index (χ1v) is 13.0. The van der Waals surface area contributed by atoms with Gasteiger partial charge in [0.25, 0.3) is 5.91 Å². The average molecular weight is 495 g/mol. The van der Waals surface area contributed by atoms with E-state index in [4.69, 9.17) is 14.2 Å². The van der Waals surface area contributed by atoms with Crippen molar-refractivity contribution in [3.05, 3.63) is 75.5 Å². The summed E-state index contributed by atoms with van der Waals surface area (Å²) in [6, 6.07) is 13.9. The van der Waals surface area contributed by atoms with Gasteiger partial charge in [-0.05, 0) is 78.1 Å². The summed E-state index contributed by atoms with van der Waals surface area (Å²) in [5.41, 5.74) is 4.31. The lowest BCUT2D eigenvalue weighted by Crippen LogP contribution is -2.38. The Morgan fingerprint density at radius 1 is 1.06 bits per heavy atom. The molecule has 0 bridgehead atoms. The highest BCUT2D eigenvalue weighted by Crippen LogP contribution is 2.39. The van der Waals surface area contributed by atoms with Gasteiger partial charge in [0.2, 0.25) is 0 Å². The number of hydrogen-bond acceptors (Lipinski definition) is 6. The first kappa shape index (κ1) is 25.1. The van der Waals surface area contributed by atoms with Gasteiger partial charge in [-0.15, -0.1) is 0 Å². The van der Waals surface area contributed by atoms with Gasteiger partial charge in [-0.3, -0.25) is 9.69 Å². The number of rotatable bonds is 10. The van der Waals surface area contributed by atoms with Gasteiger partial charge in [0.05, 0.1) is 25.8 Å². The van der Waals surface area contributed by atoms with Crippen molar-refractivity contribution in [2.24, 2.45) is 0 Å². The first-order chi connectivity index (χ1) is 17.1. The van der Waals surface area contributed by atoms with Gasteiger partial charge in [0.1, 0.15) is 12.4 Å². The monoisotopic (exact) mass is 494 g/mol. The summed E-state index contributed by atoms with van der Waals surface area (Å²) in [6.45, 7) is 7.49. The van der Waals surface area contributed by atoms with Crippen molar-refractivity contribution >= 4 is 17.2 Å². The fraction of sp³-hybridized carbons (Fsp3) is 0.393. The van der Waals surface area contributed by atoms with Crippen LogP contribution in [0.1, 0.15) is 46.9 Å². The summed E-state index contributed by atoms with van der Waals surface area (Å²) in [5.74, 6) is 2.07. The number of hydrogen-bond donors (Lipinski definition) is 0. The number of thiophene rings is 1. The van der Waals surface area contributed by atoms with Gasteiger partial charge >= 0.3 is 0 Å². The van der Waals surface area contributed by atoms with Gasteiger partial charge in [0, 0.05) is 26.2 Å². The number of fused-ring (bicyclic) bond motifs is 1. The van der Waals surface area contributed by atoms with E-state index in [9.17, 15) is 4.79 Å². The second kappa shape index (κ2) is 11.6. The second-order valence-corrected chi connectivity index (χ2v) is 9.34. The summed E-state index contributed by atoms with van der Waals surface area (Å²) in [6.07, 6.45) is 0.924. The van der Waals surface area contributed by atoms with Gasteiger partial charge in [-0.1, -0.05) is 12.1 Å². The molecule has 1 atom stereocenters. The van der Waals surface area contributed by atoms with E-state index >= 15 is 0 Å². The Morgan fingerprint density at radius 3 is 2.49 bits per heavy atom. The number of carbonyl (C=O) groups is 1. The molecule has 4 rings (SSSR count). The van der Waals surface area contributed by atoms with Crippen molar-refractivity contribution in [1.82, 2.24) is 9.80 Å². The smallest absolute Gasteiger partial charge is 0.257 e. The normalized spacial score (nSPS) is 15.4. The number of carbonyl (C=O) groups excluding carboxylic acids is 1. The largest absolute Gasteiger partial charge is 0.493 e. The van der Waals surface area contributed by atoms with Gasteiger partial charge in [0.15, 0.2) is 11.5 Å². The van der Waals surface area contributed by atoms with E-state index < -0.39 is 0 Å². The zero-order chi connectivity index (χ0) is 24.8. The predicted octanol–water partition coefficient (Wildman–Crippen LogP) is 5.43. The molecule has 0 fully saturated rings. The second-order valence-electron chi connectivity index (χ2n) is 8.56. The average Bonchev–Trinajstić information content (AvgIpc) is 3.41. The molecule has 1 aliphatic heterocycles. The van der Waals surface area contributed by atoms with Crippen LogP contribution >= 0.6 is 11.3 Å².